The Morgan fingerprint density at radius 2 is 1.51 bits per heavy atom. The molecule has 0 aliphatic heterocycles. The van der Waals surface area contributed by atoms with Crippen molar-refractivity contribution >= 4 is 46.9 Å². The van der Waals surface area contributed by atoms with Gasteiger partial charge in [-0.1, -0.05) is 32.0 Å². The van der Waals surface area contributed by atoms with Gasteiger partial charge in [0.05, 0.1) is 22.4 Å². The van der Waals surface area contributed by atoms with Crippen LogP contribution >= 0.6 is 11.8 Å². The highest BCUT2D eigenvalue weighted by Gasteiger charge is 2.19. The van der Waals surface area contributed by atoms with Crippen molar-refractivity contribution in [3.05, 3.63) is 89.0 Å². The molecule has 0 fully saturated rings. The molecule has 0 aliphatic rings. The first kappa shape index (κ1) is 25.5. The van der Waals surface area contributed by atoms with Crippen molar-refractivity contribution in [3.8, 4) is 0 Å². The number of carbonyl (C=O) groups is 4. The molecule has 0 saturated heterocycles. The van der Waals surface area contributed by atoms with Crippen molar-refractivity contribution in [2.24, 2.45) is 0 Å². The van der Waals surface area contributed by atoms with E-state index >= 15 is 0 Å². The lowest BCUT2D eigenvalue weighted by Crippen LogP contribution is -2.17. The number of nitrogens with one attached hydrogen (secondary N) is 2. The largest absolute Gasteiger partial charge is 0.478 e. The second-order valence-corrected chi connectivity index (χ2v) is 9.01. The van der Waals surface area contributed by atoms with Gasteiger partial charge in [0.1, 0.15) is 0 Å². The molecule has 3 rings (SSSR count). The summed E-state index contributed by atoms with van der Waals surface area (Å²) in [5, 5.41) is 23.9. The summed E-state index contributed by atoms with van der Waals surface area (Å²) < 4.78 is 0. The molecule has 180 valence electrons. The standard InChI is InChI=1S/C26H24N2O6S/c1-15(2)16-6-9-18(10-7-16)27-23(29)14-35-20-5-3-4-19(13-20)28-24(30)21-11-8-17(25(31)32)12-22(21)26(33)34/h3-13,15H,14H2,1-2H3,(H,27,29)(H,28,30)(H,31,32)(H,33,34). The lowest BCUT2D eigenvalue weighted by molar-refractivity contribution is -0.113. The summed E-state index contributed by atoms with van der Waals surface area (Å²) >= 11 is 1.28. The number of carbonyl (C=O) groups excluding carboxylic acids is 2. The van der Waals surface area contributed by atoms with E-state index in [-0.39, 0.29) is 22.8 Å². The highest BCUT2D eigenvalue weighted by Crippen LogP contribution is 2.23. The molecular formula is C26H24N2O6S. The van der Waals surface area contributed by atoms with Crippen LogP contribution in [0.15, 0.2) is 71.6 Å². The molecule has 0 atom stereocenters. The topological polar surface area (TPSA) is 133 Å². The Morgan fingerprint density at radius 1 is 0.800 bits per heavy atom. The zero-order chi connectivity index (χ0) is 25.5. The van der Waals surface area contributed by atoms with Crippen LogP contribution in [0.2, 0.25) is 0 Å². The first-order valence-corrected chi connectivity index (χ1v) is 11.7. The lowest BCUT2D eigenvalue weighted by atomic mass is 10.0. The van der Waals surface area contributed by atoms with E-state index in [9.17, 15) is 24.3 Å². The molecule has 2 amide bonds. The second-order valence-electron chi connectivity index (χ2n) is 7.97. The maximum Gasteiger partial charge on any atom is 0.336 e. The first-order valence-electron chi connectivity index (χ1n) is 10.7. The Morgan fingerprint density at radius 3 is 2.14 bits per heavy atom. The summed E-state index contributed by atoms with van der Waals surface area (Å²) in [5.74, 6) is -3.00. The van der Waals surface area contributed by atoms with Gasteiger partial charge in [0.15, 0.2) is 0 Å². The Balaban J connectivity index is 1.63. The fourth-order valence-electron chi connectivity index (χ4n) is 3.21. The van der Waals surface area contributed by atoms with E-state index in [0.29, 0.717) is 17.3 Å². The van der Waals surface area contributed by atoms with Crippen molar-refractivity contribution in [2.45, 2.75) is 24.7 Å². The van der Waals surface area contributed by atoms with E-state index in [0.717, 1.165) is 11.0 Å². The molecule has 0 unspecified atom stereocenters. The van der Waals surface area contributed by atoms with E-state index < -0.39 is 23.4 Å². The van der Waals surface area contributed by atoms with E-state index in [1.807, 2.05) is 24.3 Å². The molecule has 0 spiro atoms. The molecule has 0 radical (unpaired) electrons. The Bertz CT molecular complexity index is 1270. The molecule has 0 saturated carbocycles. The average Bonchev–Trinajstić information content (AvgIpc) is 2.82. The van der Waals surface area contributed by atoms with Crippen LogP contribution in [0.3, 0.4) is 0 Å². The van der Waals surface area contributed by atoms with Crippen LogP contribution in [0.4, 0.5) is 11.4 Å². The van der Waals surface area contributed by atoms with Gasteiger partial charge in [0, 0.05) is 16.3 Å². The summed E-state index contributed by atoms with van der Waals surface area (Å²) in [6.45, 7) is 4.20. The van der Waals surface area contributed by atoms with Gasteiger partial charge in [-0.3, -0.25) is 9.59 Å². The third-order valence-corrected chi connectivity index (χ3v) is 6.06. The van der Waals surface area contributed by atoms with Crippen LogP contribution in [-0.4, -0.2) is 39.7 Å². The van der Waals surface area contributed by atoms with Gasteiger partial charge in [0.2, 0.25) is 5.91 Å². The molecule has 4 N–H and O–H groups in total. The Kier molecular flexibility index (Phi) is 8.27. The number of benzene rings is 3. The first-order chi connectivity index (χ1) is 16.6. The number of hydrogen-bond donors (Lipinski definition) is 4. The quantitative estimate of drug-likeness (QED) is 0.302. The lowest BCUT2D eigenvalue weighted by Gasteiger charge is -2.10. The van der Waals surface area contributed by atoms with Crippen molar-refractivity contribution in [3.63, 3.8) is 0 Å². The third kappa shape index (κ3) is 6.94. The zero-order valence-electron chi connectivity index (χ0n) is 19.1. The van der Waals surface area contributed by atoms with Crippen LogP contribution in [0.1, 0.15) is 56.4 Å². The van der Waals surface area contributed by atoms with Crippen molar-refractivity contribution in [1.82, 2.24) is 0 Å². The van der Waals surface area contributed by atoms with Gasteiger partial charge in [-0.25, -0.2) is 9.59 Å². The molecule has 0 bridgehead atoms. The van der Waals surface area contributed by atoms with Crippen molar-refractivity contribution < 1.29 is 29.4 Å². The number of hydrogen-bond acceptors (Lipinski definition) is 5. The minimum absolute atomic E-state index is 0.156. The smallest absolute Gasteiger partial charge is 0.336 e. The maximum atomic E-state index is 12.7. The number of carboxylic acid groups (broad SMARTS) is 2. The minimum Gasteiger partial charge on any atom is -0.478 e. The number of anilines is 2. The van der Waals surface area contributed by atoms with Crippen LogP contribution in [0, 0.1) is 0 Å². The molecule has 3 aromatic carbocycles. The summed E-state index contributed by atoms with van der Waals surface area (Å²) in [6.07, 6.45) is 0. The highest BCUT2D eigenvalue weighted by molar-refractivity contribution is 8.00. The number of carboxylic acids is 2. The van der Waals surface area contributed by atoms with Gasteiger partial charge in [-0.05, 0) is 60.0 Å². The molecule has 0 aromatic heterocycles. The molecule has 9 heteroatoms. The maximum absolute atomic E-state index is 12.7. The number of amides is 2. The SMILES string of the molecule is CC(C)c1ccc(NC(=O)CSc2cccc(NC(=O)c3ccc(C(=O)O)cc3C(=O)O)c2)cc1. The fraction of sp³-hybridized carbons (Fsp3) is 0.154. The minimum atomic E-state index is -1.41. The molecule has 3 aromatic rings. The summed E-state index contributed by atoms with van der Waals surface area (Å²) in [5.41, 5.74) is 1.50. The fourth-order valence-corrected chi connectivity index (χ4v) is 3.97. The molecular weight excluding hydrogens is 468 g/mol. The highest BCUT2D eigenvalue weighted by atomic mass is 32.2. The molecule has 0 aliphatic carbocycles. The van der Waals surface area contributed by atoms with Crippen molar-refractivity contribution in [2.75, 3.05) is 16.4 Å². The number of rotatable bonds is 9. The van der Waals surface area contributed by atoms with Gasteiger partial charge in [-0.2, -0.15) is 0 Å². The molecule has 8 nitrogen and oxygen atoms in total. The van der Waals surface area contributed by atoms with E-state index in [4.69, 9.17) is 5.11 Å². The third-order valence-electron chi connectivity index (χ3n) is 5.06. The number of aromatic carboxylic acids is 2. The predicted octanol–water partition coefficient (Wildman–Crippen LogP) is 5.19. The summed E-state index contributed by atoms with van der Waals surface area (Å²) in [4.78, 5) is 48.4. The Labute approximate surface area is 206 Å². The van der Waals surface area contributed by atoms with Gasteiger partial charge >= 0.3 is 11.9 Å². The molecule has 0 heterocycles. The van der Waals surface area contributed by atoms with Gasteiger partial charge < -0.3 is 20.8 Å². The van der Waals surface area contributed by atoms with E-state index in [2.05, 4.69) is 24.5 Å². The van der Waals surface area contributed by atoms with Crippen LogP contribution in [0.5, 0.6) is 0 Å². The van der Waals surface area contributed by atoms with Crippen molar-refractivity contribution in [1.29, 1.82) is 0 Å². The van der Waals surface area contributed by atoms with Crippen LogP contribution in [-0.2, 0) is 4.79 Å². The zero-order valence-corrected chi connectivity index (χ0v) is 19.9. The van der Waals surface area contributed by atoms with Gasteiger partial charge in [-0.15, -0.1) is 11.8 Å². The van der Waals surface area contributed by atoms with Gasteiger partial charge in [0.25, 0.3) is 5.91 Å². The summed E-state index contributed by atoms with van der Waals surface area (Å²) in [6, 6.07) is 17.7. The second kappa shape index (κ2) is 11.3. The van der Waals surface area contributed by atoms with E-state index in [1.165, 1.54) is 29.5 Å². The van der Waals surface area contributed by atoms with Crippen LogP contribution < -0.4 is 10.6 Å². The van der Waals surface area contributed by atoms with E-state index in [1.54, 1.807) is 24.3 Å². The normalized spacial score (nSPS) is 10.6. The Hall–Kier alpha value is -4.11. The van der Waals surface area contributed by atoms with Crippen LogP contribution in [0.25, 0.3) is 0 Å². The summed E-state index contributed by atoms with van der Waals surface area (Å²) in [7, 11) is 0. The number of thioether (sulfide) groups is 1. The molecule has 35 heavy (non-hydrogen) atoms. The monoisotopic (exact) mass is 492 g/mol. The predicted molar refractivity (Wildman–Crippen MR) is 135 cm³/mol. The average molecular weight is 493 g/mol.